The SMILES string of the molecule is C=C(C(=O)OC)c1ccc(C(F)(F)F)nc1N(CC)CC. The fourth-order valence-electron chi connectivity index (χ4n) is 1.84. The number of anilines is 1. The average Bonchev–Trinajstić information content (AvgIpc) is 2.46. The van der Waals surface area contributed by atoms with Crippen molar-refractivity contribution in [3.05, 3.63) is 30.0 Å². The van der Waals surface area contributed by atoms with Gasteiger partial charge >= 0.3 is 12.1 Å². The second-order valence-electron chi connectivity index (χ2n) is 4.21. The molecule has 0 unspecified atom stereocenters. The van der Waals surface area contributed by atoms with Crippen molar-refractivity contribution in [2.24, 2.45) is 0 Å². The third kappa shape index (κ3) is 3.74. The molecule has 1 aromatic rings. The fourth-order valence-corrected chi connectivity index (χ4v) is 1.84. The van der Waals surface area contributed by atoms with E-state index in [0.29, 0.717) is 13.1 Å². The zero-order valence-corrected chi connectivity index (χ0v) is 12.1. The summed E-state index contributed by atoms with van der Waals surface area (Å²) in [5.74, 6) is -0.629. The Morgan fingerprint density at radius 2 is 1.90 bits per heavy atom. The smallest absolute Gasteiger partial charge is 0.433 e. The largest absolute Gasteiger partial charge is 0.465 e. The van der Waals surface area contributed by atoms with E-state index >= 15 is 0 Å². The molecule has 1 rings (SSSR count). The van der Waals surface area contributed by atoms with Gasteiger partial charge in [0.25, 0.3) is 0 Å². The van der Waals surface area contributed by atoms with Gasteiger partial charge in [-0.2, -0.15) is 13.2 Å². The maximum Gasteiger partial charge on any atom is 0.433 e. The lowest BCUT2D eigenvalue weighted by Gasteiger charge is -2.24. The molecule has 0 spiro atoms. The summed E-state index contributed by atoms with van der Waals surface area (Å²) in [7, 11) is 1.18. The predicted octanol–water partition coefficient (Wildman–Crippen LogP) is 3.13. The molecule has 0 aromatic carbocycles. The van der Waals surface area contributed by atoms with Crippen LogP contribution in [0.3, 0.4) is 0 Å². The van der Waals surface area contributed by atoms with E-state index in [9.17, 15) is 18.0 Å². The van der Waals surface area contributed by atoms with Crippen LogP contribution in [0.2, 0.25) is 0 Å². The van der Waals surface area contributed by atoms with Crippen molar-refractivity contribution in [2.45, 2.75) is 20.0 Å². The molecular formula is C14H17F3N2O2. The minimum atomic E-state index is -4.55. The van der Waals surface area contributed by atoms with Crippen LogP contribution in [0.4, 0.5) is 19.0 Å². The molecule has 0 fully saturated rings. The van der Waals surface area contributed by atoms with Crippen molar-refractivity contribution >= 4 is 17.4 Å². The van der Waals surface area contributed by atoms with Gasteiger partial charge in [0.15, 0.2) is 0 Å². The van der Waals surface area contributed by atoms with E-state index < -0.39 is 17.8 Å². The molecule has 0 saturated heterocycles. The number of esters is 1. The zero-order valence-electron chi connectivity index (χ0n) is 12.1. The molecule has 0 aliphatic rings. The minimum Gasteiger partial charge on any atom is -0.465 e. The van der Waals surface area contributed by atoms with Crippen LogP contribution in [0.1, 0.15) is 25.1 Å². The Labute approximate surface area is 121 Å². The predicted molar refractivity (Wildman–Crippen MR) is 73.9 cm³/mol. The maximum atomic E-state index is 12.8. The van der Waals surface area contributed by atoms with Crippen molar-refractivity contribution in [1.82, 2.24) is 4.98 Å². The first kappa shape index (κ1) is 17.0. The van der Waals surface area contributed by atoms with E-state index in [0.717, 1.165) is 6.07 Å². The highest BCUT2D eigenvalue weighted by Crippen LogP contribution is 2.32. The van der Waals surface area contributed by atoms with E-state index in [1.165, 1.54) is 13.2 Å². The van der Waals surface area contributed by atoms with Crippen molar-refractivity contribution in [3.63, 3.8) is 0 Å². The molecule has 0 N–H and O–H groups in total. The Balaban J connectivity index is 3.43. The van der Waals surface area contributed by atoms with Gasteiger partial charge in [-0.1, -0.05) is 6.58 Å². The monoisotopic (exact) mass is 302 g/mol. The number of ether oxygens (including phenoxy) is 1. The second kappa shape index (κ2) is 6.60. The molecule has 0 atom stereocenters. The molecule has 116 valence electrons. The van der Waals surface area contributed by atoms with E-state index in [-0.39, 0.29) is 17.0 Å². The Hall–Kier alpha value is -2.05. The molecule has 0 aliphatic heterocycles. The lowest BCUT2D eigenvalue weighted by molar-refractivity contribution is -0.141. The van der Waals surface area contributed by atoms with Crippen LogP contribution in [0, 0.1) is 0 Å². The molecule has 0 bridgehead atoms. The Bertz CT molecular complexity index is 538. The third-order valence-electron chi connectivity index (χ3n) is 2.99. The van der Waals surface area contributed by atoms with Gasteiger partial charge in [0.2, 0.25) is 0 Å². The van der Waals surface area contributed by atoms with Crippen LogP contribution in [0.15, 0.2) is 18.7 Å². The van der Waals surface area contributed by atoms with Gasteiger partial charge in [0.1, 0.15) is 11.5 Å². The number of hydrogen-bond acceptors (Lipinski definition) is 4. The first-order valence-electron chi connectivity index (χ1n) is 6.37. The van der Waals surface area contributed by atoms with E-state index in [2.05, 4.69) is 16.3 Å². The molecule has 4 nitrogen and oxygen atoms in total. The van der Waals surface area contributed by atoms with Crippen LogP contribution in [-0.4, -0.2) is 31.2 Å². The summed E-state index contributed by atoms with van der Waals surface area (Å²) in [6.45, 7) is 8.05. The topological polar surface area (TPSA) is 42.4 Å². The number of methoxy groups -OCH3 is 1. The van der Waals surface area contributed by atoms with Crippen LogP contribution in [0.5, 0.6) is 0 Å². The highest BCUT2D eigenvalue weighted by molar-refractivity contribution is 6.17. The number of hydrogen-bond donors (Lipinski definition) is 0. The van der Waals surface area contributed by atoms with E-state index in [1.54, 1.807) is 18.7 Å². The summed E-state index contributed by atoms with van der Waals surface area (Å²) < 4.78 is 43.0. The van der Waals surface area contributed by atoms with Crippen molar-refractivity contribution < 1.29 is 22.7 Å². The summed E-state index contributed by atoms with van der Waals surface area (Å²) in [6.07, 6.45) is -4.55. The first-order chi connectivity index (χ1) is 9.76. The Morgan fingerprint density at radius 3 is 2.33 bits per heavy atom. The number of halogens is 3. The molecule has 1 aromatic heterocycles. The van der Waals surface area contributed by atoms with E-state index in [1.807, 2.05) is 0 Å². The Kier molecular flexibility index (Phi) is 5.34. The van der Waals surface area contributed by atoms with E-state index in [4.69, 9.17) is 0 Å². The molecule has 0 amide bonds. The lowest BCUT2D eigenvalue weighted by atomic mass is 10.1. The summed E-state index contributed by atoms with van der Waals surface area (Å²) >= 11 is 0. The number of aromatic nitrogens is 1. The summed E-state index contributed by atoms with van der Waals surface area (Å²) in [5.41, 5.74) is -0.801. The quantitative estimate of drug-likeness (QED) is 0.619. The number of carbonyl (C=O) groups is 1. The van der Waals surface area contributed by atoms with Crippen LogP contribution in [-0.2, 0) is 15.7 Å². The molecule has 21 heavy (non-hydrogen) atoms. The number of carbonyl (C=O) groups excluding carboxylic acids is 1. The summed E-state index contributed by atoms with van der Waals surface area (Å²) in [5, 5.41) is 0. The number of alkyl halides is 3. The zero-order chi connectivity index (χ0) is 16.2. The molecular weight excluding hydrogens is 285 g/mol. The lowest BCUT2D eigenvalue weighted by Crippen LogP contribution is -2.26. The molecule has 7 heteroatoms. The number of rotatable bonds is 5. The number of nitrogens with zero attached hydrogens (tertiary/aromatic N) is 2. The first-order valence-corrected chi connectivity index (χ1v) is 6.37. The van der Waals surface area contributed by atoms with Gasteiger partial charge in [0, 0.05) is 18.7 Å². The van der Waals surface area contributed by atoms with Gasteiger partial charge in [-0.3, -0.25) is 0 Å². The Morgan fingerprint density at radius 1 is 1.33 bits per heavy atom. The van der Waals surface area contributed by atoms with Crippen molar-refractivity contribution in [3.8, 4) is 0 Å². The standard InChI is InChI=1S/C14H17F3N2O2/c1-5-19(6-2)12-10(9(3)13(20)21-4)7-8-11(18-12)14(15,16)17/h7-8H,3,5-6H2,1-2,4H3. The van der Waals surface area contributed by atoms with Gasteiger partial charge in [-0.15, -0.1) is 0 Å². The maximum absolute atomic E-state index is 12.8. The van der Waals surface area contributed by atoms with Crippen molar-refractivity contribution in [1.29, 1.82) is 0 Å². The fraction of sp³-hybridized carbons (Fsp3) is 0.429. The van der Waals surface area contributed by atoms with Crippen LogP contribution >= 0.6 is 0 Å². The minimum absolute atomic E-state index is 0.0272. The van der Waals surface area contributed by atoms with Crippen molar-refractivity contribution in [2.75, 3.05) is 25.1 Å². The molecule has 0 saturated carbocycles. The number of pyridine rings is 1. The van der Waals surface area contributed by atoms with Gasteiger partial charge in [-0.05, 0) is 26.0 Å². The van der Waals surface area contributed by atoms with Crippen LogP contribution in [0.25, 0.3) is 5.57 Å². The van der Waals surface area contributed by atoms with Crippen LogP contribution < -0.4 is 4.90 Å². The van der Waals surface area contributed by atoms with Gasteiger partial charge < -0.3 is 9.64 Å². The third-order valence-corrected chi connectivity index (χ3v) is 2.99. The highest BCUT2D eigenvalue weighted by atomic mass is 19.4. The molecule has 0 radical (unpaired) electrons. The molecule has 1 heterocycles. The normalized spacial score (nSPS) is 11.1. The summed E-state index contributed by atoms with van der Waals surface area (Å²) in [4.78, 5) is 16.8. The van der Waals surface area contributed by atoms with Gasteiger partial charge in [-0.25, -0.2) is 9.78 Å². The van der Waals surface area contributed by atoms with Gasteiger partial charge in [0.05, 0.1) is 12.7 Å². The molecule has 0 aliphatic carbocycles. The average molecular weight is 302 g/mol. The summed E-state index contributed by atoms with van der Waals surface area (Å²) in [6, 6.07) is 2.03. The highest BCUT2D eigenvalue weighted by Gasteiger charge is 2.34. The second-order valence-corrected chi connectivity index (χ2v) is 4.21.